The molecule has 0 unspecified atom stereocenters. The lowest BCUT2D eigenvalue weighted by Crippen LogP contribution is -1.96. The minimum atomic E-state index is 0.380. The van der Waals surface area contributed by atoms with E-state index in [2.05, 4.69) is 4.98 Å². The van der Waals surface area contributed by atoms with E-state index in [1.165, 1.54) is 0 Å². The third kappa shape index (κ3) is 1.85. The van der Waals surface area contributed by atoms with E-state index in [0.29, 0.717) is 12.4 Å². The second-order valence-electron chi connectivity index (χ2n) is 3.42. The molecule has 2 aromatic rings. The van der Waals surface area contributed by atoms with E-state index in [-0.39, 0.29) is 0 Å². The molecule has 0 saturated carbocycles. The molecule has 1 heterocycles. The van der Waals surface area contributed by atoms with Gasteiger partial charge < -0.3 is 15.9 Å². The molecule has 1 aromatic carbocycles. The summed E-state index contributed by atoms with van der Waals surface area (Å²) >= 11 is 0. The highest BCUT2D eigenvalue weighted by molar-refractivity contribution is 5.62. The molecule has 0 saturated heterocycles. The van der Waals surface area contributed by atoms with Crippen LogP contribution in [0.5, 0.6) is 0 Å². The number of anilines is 1. The summed E-state index contributed by atoms with van der Waals surface area (Å²) in [6, 6.07) is 5.72. The zero-order chi connectivity index (χ0) is 10.8. The van der Waals surface area contributed by atoms with E-state index < -0.39 is 0 Å². The Kier molecular flexibility index (Phi) is 2.43. The van der Waals surface area contributed by atoms with E-state index in [1.807, 2.05) is 25.1 Å². The van der Waals surface area contributed by atoms with Gasteiger partial charge in [0.2, 0.25) is 5.89 Å². The predicted molar refractivity (Wildman–Crippen MR) is 59.0 cm³/mol. The molecular formula is C11H13N3O. The normalized spacial score (nSPS) is 10.5. The van der Waals surface area contributed by atoms with Gasteiger partial charge in [0.1, 0.15) is 6.26 Å². The summed E-state index contributed by atoms with van der Waals surface area (Å²) in [6.45, 7) is 2.34. The molecule has 0 aliphatic rings. The first-order valence-corrected chi connectivity index (χ1v) is 4.71. The second kappa shape index (κ2) is 3.74. The van der Waals surface area contributed by atoms with Crippen molar-refractivity contribution in [3.8, 4) is 11.5 Å². The van der Waals surface area contributed by atoms with Crippen molar-refractivity contribution in [2.45, 2.75) is 13.5 Å². The summed E-state index contributed by atoms with van der Waals surface area (Å²) in [5, 5.41) is 0. The lowest BCUT2D eigenvalue weighted by atomic mass is 10.1. The van der Waals surface area contributed by atoms with E-state index in [9.17, 15) is 0 Å². The Hall–Kier alpha value is -1.81. The van der Waals surface area contributed by atoms with E-state index in [4.69, 9.17) is 15.9 Å². The number of nitrogens with zero attached hydrogens (tertiary/aromatic N) is 1. The molecule has 0 atom stereocenters. The molecule has 78 valence electrons. The van der Waals surface area contributed by atoms with Crippen LogP contribution in [0, 0.1) is 6.92 Å². The van der Waals surface area contributed by atoms with Crippen molar-refractivity contribution >= 4 is 5.69 Å². The molecule has 0 spiro atoms. The Bertz CT molecular complexity index is 476. The number of oxazole rings is 1. The molecule has 0 fully saturated rings. The van der Waals surface area contributed by atoms with Crippen LogP contribution in [-0.4, -0.2) is 4.98 Å². The van der Waals surface area contributed by atoms with E-state index >= 15 is 0 Å². The number of nitrogen functional groups attached to an aromatic ring is 1. The fourth-order valence-corrected chi connectivity index (χ4v) is 1.31. The number of hydrogen-bond acceptors (Lipinski definition) is 4. The van der Waals surface area contributed by atoms with Crippen LogP contribution in [0.1, 0.15) is 11.3 Å². The monoisotopic (exact) mass is 203 g/mol. The Morgan fingerprint density at radius 1 is 1.40 bits per heavy atom. The van der Waals surface area contributed by atoms with Crippen molar-refractivity contribution in [1.29, 1.82) is 0 Å². The minimum absolute atomic E-state index is 0.380. The molecule has 0 amide bonds. The molecule has 0 bridgehead atoms. The summed E-state index contributed by atoms with van der Waals surface area (Å²) in [4.78, 5) is 4.22. The predicted octanol–water partition coefficient (Wildman–Crippen LogP) is 1.69. The molecule has 2 rings (SSSR count). The van der Waals surface area contributed by atoms with Gasteiger partial charge in [-0.05, 0) is 24.6 Å². The third-order valence-corrected chi connectivity index (χ3v) is 2.29. The lowest BCUT2D eigenvalue weighted by Gasteiger charge is -2.01. The first-order chi connectivity index (χ1) is 7.20. The molecular weight excluding hydrogens is 190 g/mol. The van der Waals surface area contributed by atoms with Gasteiger partial charge >= 0.3 is 0 Å². The van der Waals surface area contributed by atoms with Crippen LogP contribution in [0.3, 0.4) is 0 Å². The van der Waals surface area contributed by atoms with Crippen molar-refractivity contribution in [2.75, 3.05) is 5.73 Å². The van der Waals surface area contributed by atoms with Gasteiger partial charge in [-0.25, -0.2) is 4.98 Å². The van der Waals surface area contributed by atoms with Gasteiger partial charge in [0.25, 0.3) is 0 Å². The van der Waals surface area contributed by atoms with Crippen molar-refractivity contribution in [2.24, 2.45) is 5.73 Å². The standard InChI is InChI=1S/C11H13N3O/c1-7-2-3-8(4-10(7)13)11-14-9(5-12)6-15-11/h2-4,6H,5,12-13H2,1H3. The highest BCUT2D eigenvalue weighted by Gasteiger charge is 2.06. The van der Waals surface area contributed by atoms with Crippen molar-refractivity contribution < 1.29 is 4.42 Å². The third-order valence-electron chi connectivity index (χ3n) is 2.29. The van der Waals surface area contributed by atoms with Crippen molar-refractivity contribution in [3.05, 3.63) is 35.7 Å². The first-order valence-electron chi connectivity index (χ1n) is 4.71. The highest BCUT2D eigenvalue weighted by atomic mass is 16.3. The van der Waals surface area contributed by atoms with Crippen LogP contribution in [0.4, 0.5) is 5.69 Å². The number of nitrogens with two attached hydrogens (primary N) is 2. The number of hydrogen-bond donors (Lipinski definition) is 2. The zero-order valence-corrected chi connectivity index (χ0v) is 8.53. The summed E-state index contributed by atoms with van der Waals surface area (Å²) in [5.41, 5.74) is 14.6. The Morgan fingerprint density at radius 2 is 2.20 bits per heavy atom. The topological polar surface area (TPSA) is 78.1 Å². The largest absolute Gasteiger partial charge is 0.444 e. The van der Waals surface area contributed by atoms with Gasteiger partial charge in [-0.2, -0.15) is 0 Å². The molecule has 0 aliphatic carbocycles. The van der Waals surface area contributed by atoms with Crippen LogP contribution >= 0.6 is 0 Å². The van der Waals surface area contributed by atoms with Crippen molar-refractivity contribution in [3.63, 3.8) is 0 Å². The number of aromatic nitrogens is 1. The lowest BCUT2D eigenvalue weighted by molar-refractivity contribution is 0.572. The first kappa shape index (κ1) is 9.73. The molecule has 15 heavy (non-hydrogen) atoms. The highest BCUT2D eigenvalue weighted by Crippen LogP contribution is 2.22. The minimum Gasteiger partial charge on any atom is -0.444 e. The van der Waals surface area contributed by atoms with Gasteiger partial charge in [-0.15, -0.1) is 0 Å². The van der Waals surface area contributed by atoms with Gasteiger partial charge in [0, 0.05) is 17.8 Å². The number of aryl methyl sites for hydroxylation is 1. The molecule has 0 aliphatic heterocycles. The van der Waals surface area contributed by atoms with Gasteiger partial charge in [-0.1, -0.05) is 6.07 Å². The summed E-state index contributed by atoms with van der Waals surface area (Å²) in [5.74, 6) is 0.558. The fraction of sp³-hybridized carbons (Fsp3) is 0.182. The molecule has 4 nitrogen and oxygen atoms in total. The summed E-state index contributed by atoms with van der Waals surface area (Å²) < 4.78 is 5.29. The molecule has 1 aromatic heterocycles. The van der Waals surface area contributed by atoms with Crippen LogP contribution in [0.25, 0.3) is 11.5 Å². The fourth-order valence-electron chi connectivity index (χ4n) is 1.31. The number of benzene rings is 1. The molecule has 0 radical (unpaired) electrons. The summed E-state index contributed by atoms with van der Waals surface area (Å²) in [7, 11) is 0. The van der Waals surface area contributed by atoms with Crippen LogP contribution < -0.4 is 11.5 Å². The zero-order valence-electron chi connectivity index (χ0n) is 8.53. The Balaban J connectivity index is 2.40. The maximum atomic E-state index is 5.80. The quantitative estimate of drug-likeness (QED) is 0.728. The molecule has 4 N–H and O–H groups in total. The van der Waals surface area contributed by atoms with Gasteiger partial charge in [0.05, 0.1) is 5.69 Å². The van der Waals surface area contributed by atoms with E-state index in [0.717, 1.165) is 22.5 Å². The van der Waals surface area contributed by atoms with Gasteiger partial charge in [0.15, 0.2) is 0 Å². The maximum Gasteiger partial charge on any atom is 0.226 e. The Morgan fingerprint density at radius 3 is 2.80 bits per heavy atom. The van der Waals surface area contributed by atoms with Gasteiger partial charge in [-0.3, -0.25) is 0 Å². The number of rotatable bonds is 2. The van der Waals surface area contributed by atoms with E-state index in [1.54, 1.807) is 6.26 Å². The maximum absolute atomic E-state index is 5.80. The Labute approximate surface area is 87.9 Å². The van der Waals surface area contributed by atoms with Crippen LogP contribution in [0.2, 0.25) is 0 Å². The second-order valence-corrected chi connectivity index (χ2v) is 3.42. The van der Waals surface area contributed by atoms with Crippen molar-refractivity contribution in [1.82, 2.24) is 4.98 Å². The van der Waals surface area contributed by atoms with Crippen LogP contribution in [-0.2, 0) is 6.54 Å². The smallest absolute Gasteiger partial charge is 0.226 e. The molecule has 4 heteroatoms. The van der Waals surface area contributed by atoms with Crippen LogP contribution in [0.15, 0.2) is 28.9 Å². The summed E-state index contributed by atoms with van der Waals surface area (Å²) in [6.07, 6.45) is 1.56. The average molecular weight is 203 g/mol. The average Bonchev–Trinajstić information content (AvgIpc) is 2.70. The SMILES string of the molecule is Cc1ccc(-c2nc(CN)co2)cc1N.